The molecule has 4 aromatic rings. The van der Waals surface area contributed by atoms with E-state index in [9.17, 15) is 15.0 Å². The predicted octanol–water partition coefficient (Wildman–Crippen LogP) is 3.73. The first kappa shape index (κ1) is 17.0. The van der Waals surface area contributed by atoms with Gasteiger partial charge in [0.1, 0.15) is 11.2 Å². The van der Waals surface area contributed by atoms with Gasteiger partial charge >= 0.3 is 0 Å². The number of phenols is 2. The Morgan fingerprint density at radius 2 is 1.89 bits per heavy atom. The summed E-state index contributed by atoms with van der Waals surface area (Å²) in [6, 6.07) is 14.2. The number of nitrogens with zero attached hydrogens (tertiary/aromatic N) is 3. The fourth-order valence-electron chi connectivity index (χ4n) is 2.91. The molecule has 0 aliphatic carbocycles. The maximum atomic E-state index is 13.0. The van der Waals surface area contributed by atoms with Crippen molar-refractivity contribution in [3.8, 4) is 22.6 Å². The van der Waals surface area contributed by atoms with E-state index in [1.165, 1.54) is 29.9 Å². The Hall–Kier alpha value is -3.45. The number of aryl methyl sites for hydroxylation is 1. The summed E-state index contributed by atoms with van der Waals surface area (Å²) in [7, 11) is 0. The van der Waals surface area contributed by atoms with Crippen molar-refractivity contribution in [2.24, 2.45) is 5.10 Å². The van der Waals surface area contributed by atoms with Gasteiger partial charge in [-0.25, -0.2) is 4.98 Å². The van der Waals surface area contributed by atoms with Gasteiger partial charge in [0.25, 0.3) is 5.56 Å². The molecule has 0 radical (unpaired) electrons. The Morgan fingerprint density at radius 1 is 1.11 bits per heavy atom. The van der Waals surface area contributed by atoms with E-state index in [-0.39, 0.29) is 17.1 Å². The molecule has 0 spiro atoms. The molecule has 0 aliphatic rings. The van der Waals surface area contributed by atoms with Gasteiger partial charge in [0, 0.05) is 16.0 Å². The van der Waals surface area contributed by atoms with Crippen molar-refractivity contribution in [2.45, 2.75) is 6.92 Å². The first-order valence-electron chi connectivity index (χ1n) is 8.17. The molecular formula is C20H15N3O3S. The number of benzene rings is 2. The molecule has 6 nitrogen and oxygen atoms in total. The van der Waals surface area contributed by atoms with Crippen molar-refractivity contribution < 1.29 is 10.2 Å². The number of aromatic nitrogens is 2. The van der Waals surface area contributed by atoms with Gasteiger partial charge in [-0.3, -0.25) is 4.79 Å². The molecule has 0 amide bonds. The molecule has 0 unspecified atom stereocenters. The van der Waals surface area contributed by atoms with Crippen LogP contribution < -0.4 is 5.56 Å². The van der Waals surface area contributed by atoms with Gasteiger partial charge in [-0.15, -0.1) is 11.3 Å². The number of fused-ring (bicyclic) bond motifs is 1. The van der Waals surface area contributed by atoms with E-state index in [0.29, 0.717) is 15.8 Å². The van der Waals surface area contributed by atoms with Crippen LogP contribution in [-0.2, 0) is 0 Å². The van der Waals surface area contributed by atoms with Crippen LogP contribution in [0.15, 0.2) is 64.8 Å². The summed E-state index contributed by atoms with van der Waals surface area (Å²) in [5.41, 5.74) is 1.82. The lowest BCUT2D eigenvalue weighted by molar-refractivity contribution is 0.403. The fourth-order valence-corrected chi connectivity index (χ4v) is 3.91. The molecule has 0 saturated heterocycles. The standard InChI is InChI=1S/C20H15N3O3S/c1-12-16(13-6-3-2-4-7-13)17-19(27-12)21-11-23(20(17)26)22-10-14-8-5-9-15(24)18(14)25/h2-11,24-25H,1H3/b22-10+. The van der Waals surface area contributed by atoms with Gasteiger partial charge in [-0.2, -0.15) is 9.78 Å². The van der Waals surface area contributed by atoms with E-state index in [2.05, 4.69) is 10.1 Å². The van der Waals surface area contributed by atoms with Gasteiger partial charge in [-0.1, -0.05) is 36.4 Å². The van der Waals surface area contributed by atoms with Crippen LogP contribution in [0.5, 0.6) is 11.5 Å². The monoisotopic (exact) mass is 377 g/mol. The molecule has 0 saturated carbocycles. The molecule has 7 heteroatoms. The first-order chi connectivity index (χ1) is 13.1. The Balaban J connectivity index is 1.87. The zero-order valence-electron chi connectivity index (χ0n) is 14.3. The molecule has 4 rings (SSSR count). The van der Waals surface area contributed by atoms with E-state index in [0.717, 1.165) is 20.7 Å². The van der Waals surface area contributed by atoms with Crippen LogP contribution in [0.25, 0.3) is 21.3 Å². The summed E-state index contributed by atoms with van der Waals surface area (Å²) >= 11 is 1.47. The molecule has 0 atom stereocenters. The molecule has 0 fully saturated rings. The molecular weight excluding hydrogens is 362 g/mol. The smallest absolute Gasteiger partial charge is 0.283 e. The lowest BCUT2D eigenvalue weighted by Crippen LogP contribution is -2.16. The van der Waals surface area contributed by atoms with Crippen molar-refractivity contribution >= 4 is 27.8 Å². The minimum absolute atomic E-state index is 0.250. The lowest BCUT2D eigenvalue weighted by atomic mass is 10.0. The number of phenolic OH excluding ortho intramolecular Hbond substituents is 2. The van der Waals surface area contributed by atoms with Crippen LogP contribution in [0.3, 0.4) is 0 Å². The van der Waals surface area contributed by atoms with E-state index < -0.39 is 0 Å². The van der Waals surface area contributed by atoms with Crippen molar-refractivity contribution in [1.82, 2.24) is 9.66 Å². The second-order valence-corrected chi connectivity index (χ2v) is 7.14. The summed E-state index contributed by atoms with van der Waals surface area (Å²) < 4.78 is 1.13. The molecule has 0 aliphatic heterocycles. The summed E-state index contributed by atoms with van der Waals surface area (Å²) in [5.74, 6) is -0.542. The Morgan fingerprint density at radius 3 is 2.67 bits per heavy atom. The Labute approximate surface area is 158 Å². The number of rotatable bonds is 3. The summed E-state index contributed by atoms with van der Waals surface area (Å²) in [6.45, 7) is 1.96. The molecule has 2 N–H and O–H groups in total. The van der Waals surface area contributed by atoms with Gasteiger partial charge in [-0.05, 0) is 24.6 Å². The SMILES string of the molecule is Cc1sc2ncn(/N=C/c3cccc(O)c3O)c(=O)c2c1-c1ccccc1. The van der Waals surface area contributed by atoms with Gasteiger partial charge in [0.2, 0.25) is 0 Å². The van der Waals surface area contributed by atoms with Crippen LogP contribution in [-0.4, -0.2) is 26.1 Å². The highest BCUT2D eigenvalue weighted by atomic mass is 32.1. The second-order valence-electron chi connectivity index (χ2n) is 5.93. The third kappa shape index (κ3) is 2.98. The first-order valence-corrected chi connectivity index (χ1v) is 8.99. The van der Waals surface area contributed by atoms with Crippen LogP contribution in [0, 0.1) is 6.92 Å². The maximum absolute atomic E-state index is 13.0. The maximum Gasteiger partial charge on any atom is 0.283 e. The largest absolute Gasteiger partial charge is 0.504 e. The number of hydrogen-bond acceptors (Lipinski definition) is 6. The highest BCUT2D eigenvalue weighted by Crippen LogP contribution is 2.35. The zero-order chi connectivity index (χ0) is 19.0. The Kier molecular flexibility index (Phi) is 4.21. The van der Waals surface area contributed by atoms with Crippen molar-refractivity contribution in [3.05, 3.63) is 75.7 Å². The van der Waals surface area contributed by atoms with Crippen LogP contribution in [0.4, 0.5) is 0 Å². The molecule has 0 bridgehead atoms. The minimum atomic E-state index is -0.293. The third-order valence-corrected chi connectivity index (χ3v) is 5.21. The van der Waals surface area contributed by atoms with Crippen LogP contribution >= 0.6 is 11.3 Å². The molecule has 2 heterocycles. The van der Waals surface area contributed by atoms with Crippen molar-refractivity contribution in [2.75, 3.05) is 0 Å². The summed E-state index contributed by atoms with van der Waals surface area (Å²) in [5, 5.41) is 24.1. The number of hydrogen-bond donors (Lipinski definition) is 2. The van der Waals surface area contributed by atoms with Gasteiger partial charge in [0.15, 0.2) is 11.5 Å². The molecule has 2 aromatic heterocycles. The number of aromatic hydroxyl groups is 2. The molecule has 2 aromatic carbocycles. The predicted molar refractivity (Wildman–Crippen MR) is 107 cm³/mol. The van der Waals surface area contributed by atoms with Crippen LogP contribution in [0.1, 0.15) is 10.4 Å². The molecule has 134 valence electrons. The molecule has 27 heavy (non-hydrogen) atoms. The van der Waals surface area contributed by atoms with E-state index >= 15 is 0 Å². The number of para-hydroxylation sites is 1. The average Bonchev–Trinajstić information content (AvgIpc) is 3.02. The topological polar surface area (TPSA) is 87.7 Å². The normalized spacial score (nSPS) is 11.4. The van der Waals surface area contributed by atoms with E-state index in [1.54, 1.807) is 12.1 Å². The van der Waals surface area contributed by atoms with E-state index in [1.807, 2.05) is 37.3 Å². The van der Waals surface area contributed by atoms with E-state index in [4.69, 9.17) is 0 Å². The second kappa shape index (κ2) is 6.69. The minimum Gasteiger partial charge on any atom is -0.504 e. The fraction of sp³-hybridized carbons (Fsp3) is 0.0500. The average molecular weight is 377 g/mol. The van der Waals surface area contributed by atoms with Crippen molar-refractivity contribution in [3.63, 3.8) is 0 Å². The highest BCUT2D eigenvalue weighted by molar-refractivity contribution is 7.19. The van der Waals surface area contributed by atoms with Crippen molar-refractivity contribution in [1.29, 1.82) is 0 Å². The van der Waals surface area contributed by atoms with Gasteiger partial charge in [0.05, 0.1) is 11.6 Å². The zero-order valence-corrected chi connectivity index (χ0v) is 15.1. The highest BCUT2D eigenvalue weighted by Gasteiger charge is 2.16. The lowest BCUT2D eigenvalue weighted by Gasteiger charge is -2.03. The summed E-state index contributed by atoms with van der Waals surface area (Å²) in [4.78, 5) is 19.0. The Bertz CT molecular complexity index is 1230. The van der Waals surface area contributed by atoms with Gasteiger partial charge < -0.3 is 10.2 Å². The summed E-state index contributed by atoms with van der Waals surface area (Å²) in [6.07, 6.45) is 2.66. The van der Waals surface area contributed by atoms with Crippen LogP contribution in [0.2, 0.25) is 0 Å². The third-order valence-electron chi connectivity index (χ3n) is 4.20. The quantitative estimate of drug-likeness (QED) is 0.421. The number of thiophene rings is 1.